The third-order valence-corrected chi connectivity index (χ3v) is 3.81. The summed E-state index contributed by atoms with van der Waals surface area (Å²) < 4.78 is 26.7. The summed E-state index contributed by atoms with van der Waals surface area (Å²) in [5.74, 6) is 1.71. The molecule has 0 radical (unpaired) electrons. The van der Waals surface area contributed by atoms with Gasteiger partial charge in [0.1, 0.15) is 12.4 Å². The van der Waals surface area contributed by atoms with Gasteiger partial charge in [-0.05, 0) is 48.7 Å². The van der Waals surface area contributed by atoms with E-state index in [2.05, 4.69) is 0 Å². The van der Waals surface area contributed by atoms with Gasteiger partial charge in [0.05, 0.1) is 21.3 Å². The molecule has 2 aromatic rings. The minimum Gasteiger partial charge on any atom is -0.493 e. The maximum Gasteiger partial charge on any atom is 0.344 e. The predicted molar refractivity (Wildman–Crippen MR) is 97.3 cm³/mol. The van der Waals surface area contributed by atoms with Gasteiger partial charge in [-0.25, -0.2) is 4.79 Å². The fraction of sp³-hybridized carbons (Fsp3) is 0.350. The van der Waals surface area contributed by atoms with Gasteiger partial charge in [0, 0.05) is 0 Å². The third kappa shape index (κ3) is 4.81. The second-order valence-corrected chi connectivity index (χ2v) is 5.75. The topological polar surface area (TPSA) is 63.2 Å². The number of carbonyl (C=O) groups is 1. The normalized spacial score (nSPS) is 10.2. The molecule has 0 bridgehead atoms. The van der Waals surface area contributed by atoms with Crippen LogP contribution in [-0.2, 0) is 16.1 Å². The van der Waals surface area contributed by atoms with Crippen molar-refractivity contribution in [1.29, 1.82) is 0 Å². The summed E-state index contributed by atoms with van der Waals surface area (Å²) in [6, 6.07) is 9.30. The lowest BCUT2D eigenvalue weighted by Gasteiger charge is -2.14. The van der Waals surface area contributed by atoms with E-state index in [-0.39, 0.29) is 13.2 Å². The molecule has 0 fully saturated rings. The number of carbonyl (C=O) groups excluding carboxylic acids is 1. The average molecular weight is 360 g/mol. The number of methoxy groups -OCH3 is 3. The minimum atomic E-state index is -0.459. The van der Waals surface area contributed by atoms with Crippen LogP contribution >= 0.6 is 0 Å². The maximum absolute atomic E-state index is 12.0. The van der Waals surface area contributed by atoms with Crippen LogP contribution in [-0.4, -0.2) is 33.9 Å². The van der Waals surface area contributed by atoms with Gasteiger partial charge in [0.15, 0.2) is 18.1 Å². The zero-order chi connectivity index (χ0) is 19.1. The molecule has 140 valence electrons. The molecule has 0 aliphatic heterocycles. The third-order valence-electron chi connectivity index (χ3n) is 3.81. The lowest BCUT2D eigenvalue weighted by molar-refractivity contribution is -0.147. The first-order valence-corrected chi connectivity index (χ1v) is 8.13. The Morgan fingerprint density at radius 3 is 2.12 bits per heavy atom. The van der Waals surface area contributed by atoms with Crippen molar-refractivity contribution in [3.05, 3.63) is 47.0 Å². The first kappa shape index (κ1) is 19.4. The average Bonchev–Trinajstić information content (AvgIpc) is 2.65. The number of aryl methyl sites for hydroxylation is 2. The van der Waals surface area contributed by atoms with Gasteiger partial charge < -0.3 is 23.7 Å². The number of ether oxygens (including phenoxy) is 5. The van der Waals surface area contributed by atoms with Gasteiger partial charge in [0.2, 0.25) is 5.75 Å². The van der Waals surface area contributed by atoms with Crippen LogP contribution in [0.5, 0.6) is 23.0 Å². The molecule has 6 nitrogen and oxygen atoms in total. The highest BCUT2D eigenvalue weighted by Crippen LogP contribution is 2.38. The van der Waals surface area contributed by atoms with Gasteiger partial charge in [-0.1, -0.05) is 12.1 Å². The Kier molecular flexibility index (Phi) is 6.72. The second kappa shape index (κ2) is 8.99. The number of esters is 1. The molecule has 6 heteroatoms. The Morgan fingerprint density at radius 2 is 1.54 bits per heavy atom. The summed E-state index contributed by atoms with van der Waals surface area (Å²) in [7, 11) is 4.60. The van der Waals surface area contributed by atoms with Crippen molar-refractivity contribution in [3.8, 4) is 23.0 Å². The molecule has 0 aliphatic rings. The van der Waals surface area contributed by atoms with E-state index >= 15 is 0 Å². The molecular weight excluding hydrogens is 336 g/mol. The Labute approximate surface area is 153 Å². The van der Waals surface area contributed by atoms with Crippen molar-refractivity contribution in [3.63, 3.8) is 0 Å². The van der Waals surface area contributed by atoms with Gasteiger partial charge in [-0.3, -0.25) is 0 Å². The van der Waals surface area contributed by atoms with Crippen LogP contribution in [0.2, 0.25) is 0 Å². The summed E-state index contributed by atoms with van der Waals surface area (Å²) in [5.41, 5.74) is 2.75. The molecule has 0 spiro atoms. The molecule has 2 rings (SSSR count). The van der Waals surface area contributed by atoms with E-state index in [1.165, 1.54) is 21.3 Å². The van der Waals surface area contributed by atoms with Crippen LogP contribution in [0, 0.1) is 13.8 Å². The van der Waals surface area contributed by atoms with Crippen molar-refractivity contribution in [2.45, 2.75) is 20.5 Å². The van der Waals surface area contributed by atoms with Crippen molar-refractivity contribution >= 4 is 5.97 Å². The summed E-state index contributed by atoms with van der Waals surface area (Å²) in [4.78, 5) is 12.0. The highest BCUT2D eigenvalue weighted by Gasteiger charge is 2.14. The lowest BCUT2D eigenvalue weighted by Crippen LogP contribution is -2.15. The maximum atomic E-state index is 12.0. The zero-order valence-corrected chi connectivity index (χ0v) is 15.8. The largest absolute Gasteiger partial charge is 0.493 e. The van der Waals surface area contributed by atoms with Gasteiger partial charge in [-0.15, -0.1) is 0 Å². The first-order chi connectivity index (χ1) is 12.5. The molecule has 0 unspecified atom stereocenters. The van der Waals surface area contributed by atoms with Crippen molar-refractivity contribution in [1.82, 2.24) is 0 Å². The molecule has 0 saturated heterocycles. The molecule has 0 amide bonds. The molecule has 0 N–H and O–H groups in total. The number of benzene rings is 2. The molecule has 0 aliphatic carbocycles. The zero-order valence-electron chi connectivity index (χ0n) is 15.8. The number of hydrogen-bond donors (Lipinski definition) is 0. The van der Waals surface area contributed by atoms with E-state index < -0.39 is 5.97 Å². The van der Waals surface area contributed by atoms with Gasteiger partial charge in [-0.2, -0.15) is 0 Å². The summed E-state index contributed by atoms with van der Waals surface area (Å²) in [6.07, 6.45) is 0. The highest BCUT2D eigenvalue weighted by molar-refractivity contribution is 5.71. The summed E-state index contributed by atoms with van der Waals surface area (Å²) in [6.45, 7) is 3.81. The van der Waals surface area contributed by atoms with E-state index in [4.69, 9.17) is 23.7 Å². The molecule has 2 aromatic carbocycles. The fourth-order valence-corrected chi connectivity index (χ4v) is 2.42. The number of hydrogen-bond acceptors (Lipinski definition) is 6. The minimum absolute atomic E-state index is 0.0751. The first-order valence-electron chi connectivity index (χ1n) is 8.13. The second-order valence-electron chi connectivity index (χ2n) is 5.75. The van der Waals surface area contributed by atoms with Crippen LogP contribution in [0.15, 0.2) is 30.3 Å². The fourth-order valence-electron chi connectivity index (χ4n) is 2.42. The van der Waals surface area contributed by atoms with Crippen molar-refractivity contribution < 1.29 is 28.5 Å². The van der Waals surface area contributed by atoms with Crippen LogP contribution in [0.25, 0.3) is 0 Å². The Morgan fingerprint density at radius 1 is 0.885 bits per heavy atom. The lowest BCUT2D eigenvalue weighted by atomic mass is 10.1. The quantitative estimate of drug-likeness (QED) is 0.672. The smallest absolute Gasteiger partial charge is 0.344 e. The summed E-state index contributed by atoms with van der Waals surface area (Å²) >= 11 is 0. The molecule has 0 atom stereocenters. The van der Waals surface area contributed by atoms with Gasteiger partial charge in [0.25, 0.3) is 0 Å². The Hall–Kier alpha value is -2.89. The predicted octanol–water partition coefficient (Wildman–Crippen LogP) is 3.45. The monoisotopic (exact) mass is 360 g/mol. The van der Waals surface area contributed by atoms with Crippen LogP contribution < -0.4 is 18.9 Å². The van der Waals surface area contributed by atoms with E-state index in [0.717, 1.165) is 16.7 Å². The number of rotatable bonds is 8. The van der Waals surface area contributed by atoms with Crippen LogP contribution in [0.4, 0.5) is 0 Å². The van der Waals surface area contributed by atoms with Crippen LogP contribution in [0.3, 0.4) is 0 Å². The Balaban J connectivity index is 1.97. The van der Waals surface area contributed by atoms with E-state index in [0.29, 0.717) is 23.0 Å². The summed E-state index contributed by atoms with van der Waals surface area (Å²) in [5, 5.41) is 0. The van der Waals surface area contributed by atoms with E-state index in [9.17, 15) is 4.79 Å². The molecule has 0 heterocycles. The van der Waals surface area contributed by atoms with Crippen LogP contribution in [0.1, 0.15) is 16.7 Å². The molecule has 0 aromatic heterocycles. The molecule has 0 saturated carbocycles. The van der Waals surface area contributed by atoms with E-state index in [1.807, 2.05) is 32.0 Å². The highest BCUT2D eigenvalue weighted by atomic mass is 16.6. The molecular formula is C20H24O6. The Bertz CT molecular complexity index is 744. The molecule has 26 heavy (non-hydrogen) atoms. The standard InChI is InChI=1S/C20H24O6/c1-13-6-7-14(2)16(8-13)25-12-19(21)26-11-15-9-17(22-3)20(24-5)18(10-15)23-4/h6-10H,11-12H2,1-5H3. The van der Waals surface area contributed by atoms with Crippen molar-refractivity contribution in [2.24, 2.45) is 0 Å². The van der Waals surface area contributed by atoms with Crippen molar-refractivity contribution in [2.75, 3.05) is 27.9 Å². The SMILES string of the molecule is COc1cc(COC(=O)COc2cc(C)ccc2C)cc(OC)c1OC. The van der Waals surface area contributed by atoms with Gasteiger partial charge >= 0.3 is 5.97 Å². The van der Waals surface area contributed by atoms with E-state index in [1.54, 1.807) is 12.1 Å².